The molecule has 0 radical (unpaired) electrons. The van der Waals surface area contributed by atoms with Crippen LogP contribution in [0.3, 0.4) is 0 Å². The number of aliphatic imine (C=N–C) groups is 1. The lowest BCUT2D eigenvalue weighted by molar-refractivity contribution is -0.890. The van der Waals surface area contributed by atoms with E-state index in [4.69, 9.17) is 23.2 Å². The first-order chi connectivity index (χ1) is 11.8. The average Bonchev–Trinajstić information content (AvgIpc) is 2.54. The van der Waals surface area contributed by atoms with Gasteiger partial charge in [0.1, 0.15) is 6.04 Å². The molecule has 6 nitrogen and oxygen atoms in total. The van der Waals surface area contributed by atoms with Gasteiger partial charge in [-0.25, -0.2) is 0 Å². The van der Waals surface area contributed by atoms with E-state index in [9.17, 15) is 15.2 Å². The molecular formula is C17H17Cl2N3O3. The van der Waals surface area contributed by atoms with Crippen molar-refractivity contribution in [3.05, 3.63) is 67.7 Å². The first-order valence-corrected chi connectivity index (χ1v) is 8.26. The Labute approximate surface area is 155 Å². The highest BCUT2D eigenvalue weighted by atomic mass is 35.5. The highest BCUT2D eigenvalue weighted by molar-refractivity contribution is 6.31. The van der Waals surface area contributed by atoms with E-state index in [-0.39, 0.29) is 16.6 Å². The van der Waals surface area contributed by atoms with Gasteiger partial charge < -0.3 is 10.0 Å². The molecule has 0 saturated carbocycles. The Morgan fingerprint density at radius 1 is 1.28 bits per heavy atom. The van der Waals surface area contributed by atoms with Gasteiger partial charge in [0.2, 0.25) is 0 Å². The predicted molar refractivity (Wildman–Crippen MR) is 97.0 cm³/mol. The number of nitrogens with one attached hydrogen (secondary N) is 1. The van der Waals surface area contributed by atoms with E-state index in [1.807, 2.05) is 38.4 Å². The highest BCUT2D eigenvalue weighted by Gasteiger charge is 2.19. The number of quaternary nitrogens is 1. The molecule has 0 unspecified atom stereocenters. The van der Waals surface area contributed by atoms with Gasteiger partial charge >= 0.3 is 0 Å². The van der Waals surface area contributed by atoms with Gasteiger partial charge in [-0.05, 0) is 23.4 Å². The number of hydrogen-bond acceptors (Lipinski definition) is 4. The topological polar surface area (TPSA) is 83.0 Å². The van der Waals surface area contributed by atoms with E-state index in [1.165, 1.54) is 12.3 Å². The number of likely N-dealkylation sites (N-methyl/N-ethyl adjacent to an activating group) is 1. The molecule has 0 fully saturated rings. The standard InChI is InChI=1S/C17H17Cl2N3O3/c1-21(2)16(13-5-3-4-6-14(13)19)10-20-9-11-7-12(18)8-15(17(11)23)22(24)25/h3-9,16,23H,10H2,1-2H3/t16-/m1/s1. The van der Waals surface area contributed by atoms with Crippen molar-refractivity contribution in [3.63, 3.8) is 0 Å². The number of benzene rings is 2. The van der Waals surface area contributed by atoms with Crippen LogP contribution >= 0.6 is 23.2 Å². The van der Waals surface area contributed by atoms with Gasteiger partial charge in [0, 0.05) is 27.9 Å². The van der Waals surface area contributed by atoms with Gasteiger partial charge in [0.05, 0.1) is 25.6 Å². The van der Waals surface area contributed by atoms with Crippen LogP contribution in [0.25, 0.3) is 0 Å². The molecule has 0 spiro atoms. The molecule has 0 aliphatic rings. The second-order valence-electron chi connectivity index (χ2n) is 5.75. The fraction of sp³-hybridized carbons (Fsp3) is 0.235. The molecule has 0 aliphatic carbocycles. The summed E-state index contributed by atoms with van der Waals surface area (Å²) in [7, 11) is 3.96. The number of hydrogen-bond donors (Lipinski definition) is 1. The minimum absolute atomic E-state index is 0.0192. The maximum absolute atomic E-state index is 12.1. The number of nitro groups is 1. The molecule has 25 heavy (non-hydrogen) atoms. The van der Waals surface area contributed by atoms with Crippen LogP contribution in [0.15, 0.2) is 41.4 Å². The van der Waals surface area contributed by atoms with Crippen LogP contribution < -0.4 is 10.0 Å². The van der Waals surface area contributed by atoms with Crippen LogP contribution in [0.2, 0.25) is 10.0 Å². The zero-order valence-electron chi connectivity index (χ0n) is 13.7. The summed E-state index contributed by atoms with van der Waals surface area (Å²) in [5.74, 6) is -0.704. The van der Waals surface area contributed by atoms with Crippen LogP contribution in [-0.4, -0.2) is 31.8 Å². The fourth-order valence-electron chi connectivity index (χ4n) is 2.44. The summed E-state index contributed by atoms with van der Waals surface area (Å²) in [5.41, 5.74) is 0.474. The van der Waals surface area contributed by atoms with E-state index in [2.05, 4.69) is 4.99 Å². The molecule has 0 amide bonds. The third-order valence-electron chi connectivity index (χ3n) is 3.76. The molecule has 8 heteroatoms. The SMILES string of the molecule is C[NH+](C)[C@H](CN=Cc1cc(Cl)cc([N+](=O)[O-])c1[O-])c1ccccc1Cl. The number of halogens is 2. The second kappa shape index (κ2) is 8.29. The van der Waals surface area contributed by atoms with Crippen LogP contribution in [0.1, 0.15) is 17.2 Å². The van der Waals surface area contributed by atoms with E-state index in [0.29, 0.717) is 11.6 Å². The van der Waals surface area contributed by atoms with E-state index in [0.717, 1.165) is 16.5 Å². The first-order valence-electron chi connectivity index (χ1n) is 7.50. The first kappa shape index (κ1) is 19.2. The van der Waals surface area contributed by atoms with Crippen LogP contribution in [0.4, 0.5) is 5.69 Å². The molecule has 2 aromatic rings. The maximum atomic E-state index is 12.1. The number of nitrogens with zero attached hydrogens (tertiary/aromatic N) is 2. The Morgan fingerprint density at radius 3 is 2.56 bits per heavy atom. The van der Waals surface area contributed by atoms with E-state index in [1.54, 1.807) is 0 Å². The van der Waals surface area contributed by atoms with Gasteiger partial charge in [-0.15, -0.1) is 0 Å². The zero-order valence-corrected chi connectivity index (χ0v) is 15.2. The van der Waals surface area contributed by atoms with Crippen molar-refractivity contribution < 1.29 is 14.9 Å². The van der Waals surface area contributed by atoms with Crippen molar-refractivity contribution in [3.8, 4) is 5.75 Å². The molecule has 2 rings (SSSR count). The Hall–Kier alpha value is -2.15. The third-order valence-corrected chi connectivity index (χ3v) is 4.32. The molecule has 0 aliphatic heterocycles. The second-order valence-corrected chi connectivity index (χ2v) is 6.59. The summed E-state index contributed by atoms with van der Waals surface area (Å²) in [5, 5.41) is 23.7. The summed E-state index contributed by atoms with van der Waals surface area (Å²) in [6.45, 7) is 0.367. The Bertz CT molecular complexity index is 810. The largest absolute Gasteiger partial charge is 0.867 e. The molecular weight excluding hydrogens is 365 g/mol. The van der Waals surface area contributed by atoms with Crippen LogP contribution in [0.5, 0.6) is 5.75 Å². The van der Waals surface area contributed by atoms with Crippen molar-refractivity contribution in [1.82, 2.24) is 0 Å². The highest BCUT2D eigenvalue weighted by Crippen LogP contribution is 2.30. The fourth-order valence-corrected chi connectivity index (χ4v) is 2.93. The molecule has 132 valence electrons. The summed E-state index contributed by atoms with van der Waals surface area (Å²) in [6.07, 6.45) is 1.33. The molecule has 1 atom stereocenters. The van der Waals surface area contributed by atoms with Crippen LogP contribution in [-0.2, 0) is 0 Å². The minimum Gasteiger partial charge on any atom is -0.867 e. The summed E-state index contributed by atoms with van der Waals surface area (Å²) in [4.78, 5) is 15.6. The van der Waals surface area contributed by atoms with Gasteiger partial charge in [-0.3, -0.25) is 15.1 Å². The summed E-state index contributed by atoms with van der Waals surface area (Å²) in [6, 6.07) is 9.88. The third kappa shape index (κ3) is 4.69. The van der Waals surface area contributed by atoms with Gasteiger partial charge in [0.15, 0.2) is 0 Å². The van der Waals surface area contributed by atoms with Crippen molar-refractivity contribution in [2.75, 3.05) is 20.6 Å². The maximum Gasteiger partial charge on any atom is 0.263 e. The predicted octanol–water partition coefficient (Wildman–Crippen LogP) is 2.28. The van der Waals surface area contributed by atoms with Gasteiger partial charge in [0.25, 0.3) is 5.69 Å². The van der Waals surface area contributed by atoms with Crippen molar-refractivity contribution in [2.45, 2.75) is 6.04 Å². The van der Waals surface area contributed by atoms with E-state index >= 15 is 0 Å². The Morgan fingerprint density at radius 2 is 1.96 bits per heavy atom. The van der Waals surface area contributed by atoms with Gasteiger partial charge in [-0.1, -0.05) is 41.4 Å². The molecule has 2 aromatic carbocycles. The molecule has 0 heterocycles. The molecule has 0 aromatic heterocycles. The average molecular weight is 382 g/mol. The Balaban J connectivity index is 2.27. The Kier molecular flexibility index (Phi) is 6.36. The van der Waals surface area contributed by atoms with E-state index < -0.39 is 16.4 Å². The lowest BCUT2D eigenvalue weighted by atomic mass is 10.1. The monoisotopic (exact) mass is 381 g/mol. The van der Waals surface area contributed by atoms with Crippen molar-refractivity contribution in [1.29, 1.82) is 0 Å². The number of rotatable bonds is 6. The molecule has 0 bridgehead atoms. The van der Waals surface area contributed by atoms with Gasteiger partial charge in [-0.2, -0.15) is 0 Å². The minimum atomic E-state index is -0.748. The number of nitro benzene ring substituents is 1. The lowest BCUT2D eigenvalue weighted by Crippen LogP contribution is -3.06. The lowest BCUT2D eigenvalue weighted by Gasteiger charge is -2.21. The zero-order chi connectivity index (χ0) is 18.6. The van der Waals surface area contributed by atoms with Crippen molar-refractivity contribution >= 4 is 35.1 Å². The quantitative estimate of drug-likeness (QED) is 0.473. The normalized spacial score (nSPS) is 12.7. The van der Waals surface area contributed by atoms with Crippen LogP contribution in [0, 0.1) is 10.1 Å². The smallest absolute Gasteiger partial charge is 0.263 e. The molecule has 1 N–H and O–H groups in total. The summed E-state index contributed by atoms with van der Waals surface area (Å²) < 4.78 is 0. The molecule has 0 saturated heterocycles. The van der Waals surface area contributed by atoms with Crippen molar-refractivity contribution in [2.24, 2.45) is 4.99 Å². The summed E-state index contributed by atoms with van der Waals surface area (Å²) >= 11 is 12.1.